The first kappa shape index (κ1) is 17.0. The summed E-state index contributed by atoms with van der Waals surface area (Å²) >= 11 is 7.71. The first-order valence-electron chi connectivity index (χ1n) is 8.84. The molecule has 0 radical (unpaired) electrons. The molecule has 3 heterocycles. The van der Waals surface area contributed by atoms with E-state index >= 15 is 0 Å². The Kier molecular flexibility index (Phi) is 4.57. The predicted molar refractivity (Wildman–Crippen MR) is 101 cm³/mol. The molecule has 7 heteroatoms. The van der Waals surface area contributed by atoms with E-state index in [-0.39, 0.29) is 6.04 Å². The van der Waals surface area contributed by atoms with Gasteiger partial charge in [-0.15, -0.1) is 0 Å². The Bertz CT molecular complexity index is 824. The van der Waals surface area contributed by atoms with Crippen LogP contribution in [0.2, 0.25) is 5.15 Å². The topological polar surface area (TPSA) is 42.6 Å². The molecule has 1 saturated carbocycles. The van der Waals surface area contributed by atoms with Gasteiger partial charge in [-0.25, -0.2) is 11.6 Å². The summed E-state index contributed by atoms with van der Waals surface area (Å²) in [7, 11) is 0. The highest BCUT2D eigenvalue weighted by atomic mass is 35.5. The number of ether oxygens (including phenoxy) is 1. The van der Waals surface area contributed by atoms with E-state index in [0.29, 0.717) is 18.4 Å². The van der Waals surface area contributed by atoms with Crippen molar-refractivity contribution in [2.75, 3.05) is 24.7 Å². The van der Waals surface area contributed by atoms with Crippen LogP contribution in [0.25, 0.3) is 15.1 Å². The predicted octanol–water partition coefficient (Wildman–Crippen LogP) is 4.65. The SMILES string of the molecule is [C-]#[N+]C1(c2cc(N3CCOC[C@H]3C)nc3c(Cl)nsc23)CCCCC1. The second-order valence-electron chi connectivity index (χ2n) is 7.00. The van der Waals surface area contributed by atoms with Gasteiger partial charge in [-0.1, -0.05) is 18.0 Å². The Morgan fingerprint density at radius 2 is 2.20 bits per heavy atom. The summed E-state index contributed by atoms with van der Waals surface area (Å²) in [5.74, 6) is 0.897. The summed E-state index contributed by atoms with van der Waals surface area (Å²) < 4.78 is 10.9. The molecule has 1 saturated heterocycles. The number of aromatic nitrogens is 2. The van der Waals surface area contributed by atoms with Crippen LogP contribution in [-0.2, 0) is 10.3 Å². The van der Waals surface area contributed by atoms with Crippen LogP contribution in [0, 0.1) is 6.57 Å². The zero-order chi connectivity index (χ0) is 17.4. The second kappa shape index (κ2) is 6.71. The maximum absolute atomic E-state index is 7.94. The zero-order valence-corrected chi connectivity index (χ0v) is 15.9. The highest BCUT2D eigenvalue weighted by Crippen LogP contribution is 2.46. The number of hydrogen-bond acceptors (Lipinski definition) is 5. The summed E-state index contributed by atoms with van der Waals surface area (Å²) in [4.78, 5) is 11.2. The van der Waals surface area contributed by atoms with Gasteiger partial charge in [0, 0.05) is 19.4 Å². The number of rotatable bonds is 2. The van der Waals surface area contributed by atoms with E-state index in [4.69, 9.17) is 27.9 Å². The van der Waals surface area contributed by atoms with Crippen molar-refractivity contribution in [1.82, 2.24) is 9.36 Å². The minimum Gasteiger partial charge on any atom is -0.377 e. The molecule has 132 valence electrons. The van der Waals surface area contributed by atoms with Crippen LogP contribution < -0.4 is 4.90 Å². The van der Waals surface area contributed by atoms with Gasteiger partial charge in [-0.3, -0.25) is 0 Å². The Hall–Kier alpha value is -1.42. The molecule has 2 aromatic heterocycles. The average molecular weight is 377 g/mol. The van der Waals surface area contributed by atoms with Gasteiger partial charge in [0.2, 0.25) is 0 Å². The lowest BCUT2D eigenvalue weighted by Gasteiger charge is -2.35. The molecule has 0 unspecified atom stereocenters. The molecule has 0 bridgehead atoms. The van der Waals surface area contributed by atoms with Gasteiger partial charge in [0.15, 0.2) is 5.15 Å². The number of morpholine rings is 1. The van der Waals surface area contributed by atoms with Crippen LogP contribution in [0.3, 0.4) is 0 Å². The Labute approximate surface area is 156 Å². The zero-order valence-electron chi connectivity index (χ0n) is 14.3. The van der Waals surface area contributed by atoms with Crippen LogP contribution in [0.4, 0.5) is 5.82 Å². The Morgan fingerprint density at radius 3 is 2.92 bits per heavy atom. The molecule has 2 fully saturated rings. The molecule has 0 N–H and O–H groups in total. The van der Waals surface area contributed by atoms with E-state index in [0.717, 1.165) is 53.8 Å². The summed E-state index contributed by atoms with van der Waals surface area (Å²) in [5, 5.41) is 0.444. The number of pyridine rings is 1. The molecule has 25 heavy (non-hydrogen) atoms. The van der Waals surface area contributed by atoms with Gasteiger partial charge < -0.3 is 14.5 Å². The van der Waals surface area contributed by atoms with Crippen LogP contribution in [-0.4, -0.2) is 35.2 Å². The molecule has 0 amide bonds. The number of halogens is 1. The van der Waals surface area contributed by atoms with Crippen LogP contribution in [0.1, 0.15) is 44.6 Å². The third-order valence-electron chi connectivity index (χ3n) is 5.43. The largest absolute Gasteiger partial charge is 0.377 e. The normalized spacial score (nSPS) is 23.6. The molecular formula is C18H21ClN4OS. The van der Waals surface area contributed by atoms with Crippen molar-refractivity contribution >= 4 is 39.2 Å². The number of anilines is 1. The summed E-state index contributed by atoms with van der Waals surface area (Å²) in [6.07, 6.45) is 5.22. The fourth-order valence-electron chi connectivity index (χ4n) is 4.02. The third-order valence-corrected chi connectivity index (χ3v) is 6.66. The van der Waals surface area contributed by atoms with E-state index in [1.165, 1.54) is 18.0 Å². The summed E-state index contributed by atoms with van der Waals surface area (Å²) in [6, 6.07) is 2.38. The van der Waals surface area contributed by atoms with Crippen LogP contribution >= 0.6 is 23.1 Å². The molecule has 4 rings (SSSR count). The molecule has 5 nitrogen and oxygen atoms in total. The van der Waals surface area contributed by atoms with Gasteiger partial charge in [0.1, 0.15) is 11.3 Å². The lowest BCUT2D eigenvalue weighted by atomic mass is 9.77. The average Bonchev–Trinajstić information content (AvgIpc) is 3.03. The van der Waals surface area contributed by atoms with Crippen molar-refractivity contribution in [3.8, 4) is 0 Å². The van der Waals surface area contributed by atoms with Gasteiger partial charge in [0.25, 0.3) is 5.54 Å². The number of hydrogen-bond donors (Lipinski definition) is 0. The van der Waals surface area contributed by atoms with E-state index in [9.17, 15) is 0 Å². The lowest BCUT2D eigenvalue weighted by molar-refractivity contribution is 0.0985. The summed E-state index contributed by atoms with van der Waals surface area (Å²) in [6.45, 7) is 12.3. The first-order chi connectivity index (χ1) is 12.1. The quantitative estimate of drug-likeness (QED) is 0.715. The van der Waals surface area contributed by atoms with Crippen LogP contribution in [0.15, 0.2) is 6.07 Å². The number of fused-ring (bicyclic) bond motifs is 1. The maximum Gasteiger partial charge on any atom is 0.259 e. The second-order valence-corrected chi connectivity index (χ2v) is 8.13. The minimum atomic E-state index is -0.459. The maximum atomic E-state index is 7.94. The van der Waals surface area contributed by atoms with Crippen molar-refractivity contribution < 1.29 is 4.74 Å². The minimum absolute atomic E-state index is 0.257. The molecule has 1 atom stereocenters. The highest BCUT2D eigenvalue weighted by molar-refractivity contribution is 7.14. The monoisotopic (exact) mass is 376 g/mol. The molecular weight excluding hydrogens is 356 g/mol. The molecule has 1 aliphatic carbocycles. The smallest absolute Gasteiger partial charge is 0.259 e. The molecule has 0 aromatic carbocycles. The first-order valence-corrected chi connectivity index (χ1v) is 9.99. The third kappa shape index (κ3) is 2.88. The van der Waals surface area contributed by atoms with Gasteiger partial charge in [-0.2, -0.15) is 4.37 Å². The van der Waals surface area contributed by atoms with Crippen LogP contribution in [0.5, 0.6) is 0 Å². The molecule has 1 aliphatic heterocycles. The Balaban J connectivity index is 1.89. The van der Waals surface area contributed by atoms with Crippen molar-refractivity contribution in [3.05, 3.63) is 28.2 Å². The van der Waals surface area contributed by atoms with Crippen molar-refractivity contribution in [2.24, 2.45) is 0 Å². The van der Waals surface area contributed by atoms with E-state index in [1.807, 2.05) is 0 Å². The fraction of sp³-hybridized carbons (Fsp3) is 0.611. The van der Waals surface area contributed by atoms with E-state index < -0.39 is 5.54 Å². The molecule has 2 aliphatic rings. The number of nitrogens with zero attached hydrogens (tertiary/aromatic N) is 4. The lowest BCUT2D eigenvalue weighted by Crippen LogP contribution is -2.44. The Morgan fingerprint density at radius 1 is 1.40 bits per heavy atom. The van der Waals surface area contributed by atoms with Crippen molar-refractivity contribution in [2.45, 2.75) is 50.6 Å². The van der Waals surface area contributed by atoms with E-state index in [1.54, 1.807) is 0 Å². The van der Waals surface area contributed by atoms with E-state index in [2.05, 4.69) is 27.1 Å². The van der Waals surface area contributed by atoms with Crippen molar-refractivity contribution in [3.63, 3.8) is 0 Å². The molecule has 0 spiro atoms. The highest BCUT2D eigenvalue weighted by Gasteiger charge is 2.43. The standard InChI is InChI=1S/C18H21ClN4OS/c1-12-11-24-9-8-23(12)14-10-13(16-15(21-14)17(19)22-25-16)18(20-2)6-4-3-5-7-18/h10,12H,3-9,11H2,1H3/t12-/m1/s1. The fourth-order valence-corrected chi connectivity index (χ4v) is 5.15. The van der Waals surface area contributed by atoms with Crippen molar-refractivity contribution in [1.29, 1.82) is 0 Å². The molecule has 2 aromatic rings. The van der Waals surface area contributed by atoms with Gasteiger partial charge >= 0.3 is 0 Å². The summed E-state index contributed by atoms with van der Waals surface area (Å²) in [5.41, 5.74) is 1.36. The van der Waals surface area contributed by atoms with Gasteiger partial charge in [-0.05, 0) is 37.4 Å². The van der Waals surface area contributed by atoms with Gasteiger partial charge in [0.05, 0.1) is 29.5 Å².